The van der Waals surface area contributed by atoms with E-state index in [0.717, 1.165) is 12.8 Å². The number of hydrogen-bond acceptors (Lipinski definition) is 2. The average Bonchev–Trinajstić information content (AvgIpc) is 2.31. The average molecular weight is 184 g/mol. The number of hydrogen-bond donors (Lipinski definition) is 1. The molecule has 76 valence electrons. The van der Waals surface area contributed by atoms with Crippen LogP contribution in [0.3, 0.4) is 0 Å². The summed E-state index contributed by atoms with van der Waals surface area (Å²) in [6.07, 6.45) is 2.59. The summed E-state index contributed by atoms with van der Waals surface area (Å²) in [4.78, 5) is 11.4. The van der Waals surface area contributed by atoms with Crippen LogP contribution in [0.1, 0.15) is 47.0 Å². The van der Waals surface area contributed by atoms with Crippen LogP contribution in [0, 0.1) is 11.3 Å². The first-order valence-electron chi connectivity index (χ1n) is 5.02. The number of carbonyl (C=O) groups is 1. The lowest BCUT2D eigenvalue weighted by Crippen LogP contribution is -2.46. The molecule has 0 bridgehead atoms. The fourth-order valence-corrected chi connectivity index (χ4v) is 2.56. The fourth-order valence-electron chi connectivity index (χ4n) is 2.56. The van der Waals surface area contributed by atoms with Gasteiger partial charge in [0.25, 0.3) is 0 Å². The Morgan fingerprint density at radius 3 is 2.31 bits per heavy atom. The minimum Gasteiger partial charge on any atom is -0.382 e. The Labute approximate surface area is 80.3 Å². The van der Waals surface area contributed by atoms with Crippen LogP contribution in [-0.2, 0) is 4.79 Å². The lowest BCUT2D eigenvalue weighted by molar-refractivity contribution is -0.143. The van der Waals surface area contributed by atoms with Gasteiger partial charge < -0.3 is 5.11 Å². The molecule has 0 heterocycles. The molecule has 2 heteroatoms. The molecule has 0 aromatic rings. The molecule has 1 N–H and O–H groups in total. The second kappa shape index (κ2) is 3.09. The van der Waals surface area contributed by atoms with Crippen LogP contribution in [0.25, 0.3) is 0 Å². The smallest absolute Gasteiger partial charge is 0.161 e. The number of carbonyl (C=O) groups excluding carboxylic acids is 1. The Kier molecular flexibility index (Phi) is 2.54. The molecular weight excluding hydrogens is 164 g/mol. The monoisotopic (exact) mass is 184 g/mol. The van der Waals surface area contributed by atoms with E-state index in [9.17, 15) is 9.90 Å². The highest BCUT2D eigenvalue weighted by Crippen LogP contribution is 2.46. The topological polar surface area (TPSA) is 37.3 Å². The molecule has 13 heavy (non-hydrogen) atoms. The van der Waals surface area contributed by atoms with Crippen molar-refractivity contribution in [2.24, 2.45) is 11.3 Å². The predicted octanol–water partition coefficient (Wildman–Crippen LogP) is 2.15. The number of rotatable bonds is 1. The van der Waals surface area contributed by atoms with E-state index in [1.54, 1.807) is 0 Å². The third kappa shape index (κ3) is 1.78. The van der Waals surface area contributed by atoms with Gasteiger partial charge in [-0.05, 0) is 37.5 Å². The van der Waals surface area contributed by atoms with E-state index in [-0.39, 0.29) is 17.1 Å². The molecule has 1 aliphatic rings. The molecule has 1 saturated carbocycles. The largest absolute Gasteiger partial charge is 0.382 e. The quantitative estimate of drug-likeness (QED) is 0.678. The molecule has 0 saturated heterocycles. The van der Waals surface area contributed by atoms with E-state index in [1.165, 1.54) is 6.92 Å². The lowest BCUT2D eigenvalue weighted by atomic mass is 9.71. The van der Waals surface area contributed by atoms with Crippen LogP contribution in [0.2, 0.25) is 0 Å². The second-order valence-electron chi connectivity index (χ2n) is 5.29. The summed E-state index contributed by atoms with van der Waals surface area (Å²) in [7, 11) is 0. The van der Waals surface area contributed by atoms with E-state index >= 15 is 0 Å². The standard InChI is InChI=1S/C11H20O2/c1-8(12)11(13)7-5-6-9(11)10(2,3)4/h9,13H,5-7H2,1-4H3/t9-,11+/m1/s1. The first kappa shape index (κ1) is 10.7. The first-order chi connectivity index (χ1) is 5.78. The van der Waals surface area contributed by atoms with Crippen LogP contribution in [-0.4, -0.2) is 16.5 Å². The molecular formula is C11H20O2. The summed E-state index contributed by atoms with van der Waals surface area (Å²) in [5.41, 5.74) is -1.02. The van der Waals surface area contributed by atoms with Crippen molar-refractivity contribution in [3.8, 4) is 0 Å². The third-order valence-electron chi connectivity index (χ3n) is 3.28. The van der Waals surface area contributed by atoms with Crippen LogP contribution in [0.15, 0.2) is 0 Å². The molecule has 0 amide bonds. The minimum absolute atomic E-state index is 0.0247. The van der Waals surface area contributed by atoms with Crippen LogP contribution < -0.4 is 0 Å². The van der Waals surface area contributed by atoms with Crippen molar-refractivity contribution in [1.29, 1.82) is 0 Å². The minimum atomic E-state index is -1.04. The van der Waals surface area contributed by atoms with Crippen LogP contribution in [0.5, 0.6) is 0 Å². The highest BCUT2D eigenvalue weighted by Gasteiger charge is 2.49. The summed E-state index contributed by atoms with van der Waals surface area (Å²) in [5.74, 6) is 0.0578. The van der Waals surface area contributed by atoms with E-state index in [4.69, 9.17) is 0 Å². The van der Waals surface area contributed by atoms with Gasteiger partial charge in [0.2, 0.25) is 0 Å². The van der Waals surface area contributed by atoms with Crippen molar-refractivity contribution in [2.75, 3.05) is 0 Å². The van der Waals surface area contributed by atoms with E-state index in [2.05, 4.69) is 20.8 Å². The Balaban J connectivity index is 2.93. The molecule has 1 aliphatic carbocycles. The summed E-state index contributed by atoms with van der Waals surface area (Å²) >= 11 is 0. The van der Waals surface area contributed by atoms with Crippen molar-refractivity contribution < 1.29 is 9.90 Å². The SMILES string of the molecule is CC(=O)[C@@]1(O)CCC[C@@H]1C(C)(C)C. The van der Waals surface area contributed by atoms with Gasteiger partial charge in [0, 0.05) is 0 Å². The van der Waals surface area contributed by atoms with Gasteiger partial charge in [0.05, 0.1) is 0 Å². The van der Waals surface area contributed by atoms with E-state index in [1.807, 2.05) is 0 Å². The van der Waals surface area contributed by atoms with Gasteiger partial charge in [-0.25, -0.2) is 0 Å². The molecule has 0 spiro atoms. The maximum atomic E-state index is 11.4. The summed E-state index contributed by atoms with van der Waals surface area (Å²) < 4.78 is 0. The fraction of sp³-hybridized carbons (Fsp3) is 0.909. The van der Waals surface area contributed by atoms with Crippen molar-refractivity contribution in [3.63, 3.8) is 0 Å². The maximum Gasteiger partial charge on any atom is 0.161 e. The zero-order valence-corrected chi connectivity index (χ0v) is 9.05. The molecule has 0 aliphatic heterocycles. The molecule has 0 unspecified atom stereocenters. The van der Waals surface area contributed by atoms with Gasteiger partial charge in [-0.3, -0.25) is 4.79 Å². The number of aliphatic hydroxyl groups is 1. The molecule has 2 nitrogen and oxygen atoms in total. The van der Waals surface area contributed by atoms with E-state index in [0.29, 0.717) is 6.42 Å². The predicted molar refractivity (Wildman–Crippen MR) is 52.4 cm³/mol. The second-order valence-corrected chi connectivity index (χ2v) is 5.29. The van der Waals surface area contributed by atoms with Crippen LogP contribution in [0.4, 0.5) is 0 Å². The van der Waals surface area contributed by atoms with Gasteiger partial charge in [-0.15, -0.1) is 0 Å². The number of ketones is 1. The lowest BCUT2D eigenvalue weighted by Gasteiger charge is -2.37. The van der Waals surface area contributed by atoms with Crippen LogP contribution >= 0.6 is 0 Å². The highest BCUT2D eigenvalue weighted by molar-refractivity contribution is 5.85. The molecule has 0 radical (unpaired) electrons. The Morgan fingerprint density at radius 1 is 1.46 bits per heavy atom. The van der Waals surface area contributed by atoms with E-state index < -0.39 is 5.60 Å². The number of Topliss-reactive ketones (excluding diaryl/α,β-unsaturated/α-hetero) is 1. The Morgan fingerprint density at radius 2 is 2.00 bits per heavy atom. The summed E-state index contributed by atoms with van der Waals surface area (Å²) in [6, 6.07) is 0. The molecule has 0 aromatic heterocycles. The van der Waals surface area contributed by atoms with Gasteiger partial charge in [-0.1, -0.05) is 20.8 Å². The molecule has 1 rings (SSSR count). The molecule has 0 aromatic carbocycles. The zero-order valence-electron chi connectivity index (χ0n) is 9.05. The van der Waals surface area contributed by atoms with Crippen molar-refractivity contribution in [3.05, 3.63) is 0 Å². The van der Waals surface area contributed by atoms with Gasteiger partial charge in [-0.2, -0.15) is 0 Å². The maximum absolute atomic E-state index is 11.4. The van der Waals surface area contributed by atoms with Gasteiger partial charge in [0.1, 0.15) is 5.60 Å². The summed E-state index contributed by atoms with van der Waals surface area (Å²) in [5, 5.41) is 10.2. The molecule has 1 fully saturated rings. The third-order valence-corrected chi connectivity index (χ3v) is 3.28. The zero-order chi connectivity index (χ0) is 10.3. The molecule has 2 atom stereocenters. The summed E-state index contributed by atoms with van der Waals surface area (Å²) in [6.45, 7) is 7.79. The normalized spacial score (nSPS) is 35.0. The van der Waals surface area contributed by atoms with Crippen molar-refractivity contribution in [1.82, 2.24) is 0 Å². The van der Waals surface area contributed by atoms with Gasteiger partial charge >= 0.3 is 0 Å². The van der Waals surface area contributed by atoms with Gasteiger partial charge in [0.15, 0.2) is 5.78 Å². The Hall–Kier alpha value is -0.370. The van der Waals surface area contributed by atoms with Crippen molar-refractivity contribution >= 4 is 5.78 Å². The Bertz CT molecular complexity index is 215. The van der Waals surface area contributed by atoms with Crippen molar-refractivity contribution in [2.45, 2.75) is 52.6 Å². The highest BCUT2D eigenvalue weighted by atomic mass is 16.3. The first-order valence-corrected chi connectivity index (χ1v) is 5.02.